The van der Waals surface area contributed by atoms with E-state index in [1.165, 1.54) is 25.3 Å². The van der Waals surface area contributed by atoms with Crippen molar-refractivity contribution in [3.63, 3.8) is 0 Å². The fourth-order valence-corrected chi connectivity index (χ4v) is 4.83. The molecule has 0 saturated carbocycles. The Labute approximate surface area is 199 Å². The molecule has 4 nitrogen and oxygen atoms in total. The van der Waals surface area contributed by atoms with Gasteiger partial charge in [0.1, 0.15) is 0 Å². The Hall–Kier alpha value is -2.29. The zero-order chi connectivity index (χ0) is 23.3. The number of fused-ring (bicyclic) bond motifs is 1. The molecule has 0 bridgehead atoms. The summed E-state index contributed by atoms with van der Waals surface area (Å²) in [6.45, 7) is 0. The number of rotatable bonds is 3. The molecule has 0 fully saturated rings. The van der Waals surface area contributed by atoms with Gasteiger partial charge in [0.05, 0.1) is 18.4 Å². The van der Waals surface area contributed by atoms with Crippen LogP contribution in [0.2, 0.25) is 10.0 Å². The van der Waals surface area contributed by atoms with Crippen LogP contribution in [0, 0.1) is 0 Å². The van der Waals surface area contributed by atoms with Crippen molar-refractivity contribution in [1.82, 2.24) is 0 Å². The molecule has 1 aliphatic rings. The van der Waals surface area contributed by atoms with Gasteiger partial charge in [0, 0.05) is 37.5 Å². The Bertz CT molecular complexity index is 1260. The highest BCUT2D eigenvalue weighted by atomic mass is 79.9. The standard InChI is InChI=1S/C22H13BrCl2F3NO3/c1-31-20(30)16-6-5-14(15-3-2-4-17(23)19(15)16)18-10-21(32-29-18,22(26,27)28)11-7-12(24)9-13(25)8-11/h2-9H,10H2,1H3. The van der Waals surface area contributed by atoms with E-state index in [0.29, 0.717) is 20.8 Å². The van der Waals surface area contributed by atoms with Crippen molar-refractivity contribution in [3.05, 3.63) is 79.7 Å². The van der Waals surface area contributed by atoms with Gasteiger partial charge < -0.3 is 9.57 Å². The average Bonchev–Trinajstić information content (AvgIpc) is 3.19. The number of carbonyl (C=O) groups excluding carboxylic acids is 1. The van der Waals surface area contributed by atoms with E-state index in [-0.39, 0.29) is 26.9 Å². The van der Waals surface area contributed by atoms with Crippen LogP contribution in [0.3, 0.4) is 0 Å². The van der Waals surface area contributed by atoms with Crippen molar-refractivity contribution in [2.75, 3.05) is 7.11 Å². The van der Waals surface area contributed by atoms with Gasteiger partial charge in [0.15, 0.2) is 0 Å². The quantitative estimate of drug-likeness (QED) is 0.324. The molecule has 0 amide bonds. The van der Waals surface area contributed by atoms with E-state index < -0.39 is 24.2 Å². The summed E-state index contributed by atoms with van der Waals surface area (Å²) in [4.78, 5) is 17.3. The monoisotopic (exact) mass is 545 g/mol. The maximum Gasteiger partial charge on any atom is 0.435 e. The molecule has 10 heteroatoms. The number of halogens is 6. The third kappa shape index (κ3) is 3.74. The van der Waals surface area contributed by atoms with E-state index in [1.807, 2.05) is 0 Å². The van der Waals surface area contributed by atoms with E-state index in [1.54, 1.807) is 18.2 Å². The van der Waals surface area contributed by atoms with Crippen LogP contribution in [0.4, 0.5) is 13.2 Å². The molecule has 1 atom stereocenters. The summed E-state index contributed by atoms with van der Waals surface area (Å²) in [5, 5.41) is 4.92. The number of ether oxygens (including phenoxy) is 1. The van der Waals surface area contributed by atoms with Gasteiger partial charge in [-0.1, -0.05) is 62.5 Å². The summed E-state index contributed by atoms with van der Waals surface area (Å²) in [5.74, 6) is -0.573. The van der Waals surface area contributed by atoms with Crippen LogP contribution in [-0.4, -0.2) is 25.0 Å². The molecule has 1 heterocycles. The highest BCUT2D eigenvalue weighted by Crippen LogP contribution is 2.50. The van der Waals surface area contributed by atoms with Gasteiger partial charge in [-0.2, -0.15) is 13.2 Å². The number of nitrogens with zero attached hydrogens (tertiary/aromatic N) is 1. The maximum absolute atomic E-state index is 14.3. The summed E-state index contributed by atoms with van der Waals surface area (Å²) >= 11 is 15.3. The third-order valence-electron chi connectivity index (χ3n) is 5.22. The van der Waals surface area contributed by atoms with Gasteiger partial charge in [-0.15, -0.1) is 0 Å². The number of alkyl halides is 3. The van der Waals surface area contributed by atoms with Gasteiger partial charge in [-0.25, -0.2) is 4.79 Å². The summed E-state index contributed by atoms with van der Waals surface area (Å²) in [6.07, 6.45) is -5.42. The topological polar surface area (TPSA) is 47.9 Å². The third-order valence-corrected chi connectivity index (χ3v) is 6.32. The molecule has 0 aromatic heterocycles. The van der Waals surface area contributed by atoms with Gasteiger partial charge in [-0.3, -0.25) is 0 Å². The van der Waals surface area contributed by atoms with Crippen LogP contribution in [-0.2, 0) is 15.2 Å². The van der Waals surface area contributed by atoms with E-state index in [2.05, 4.69) is 21.1 Å². The number of benzene rings is 3. The first-order chi connectivity index (χ1) is 15.1. The number of hydrogen-bond acceptors (Lipinski definition) is 4. The predicted octanol–water partition coefficient (Wildman–Crippen LogP) is 7.28. The van der Waals surface area contributed by atoms with Crippen molar-refractivity contribution < 1.29 is 27.5 Å². The van der Waals surface area contributed by atoms with Crippen LogP contribution in [0.1, 0.15) is 27.9 Å². The highest BCUT2D eigenvalue weighted by Gasteiger charge is 2.62. The number of esters is 1. The minimum absolute atomic E-state index is 0.0463. The number of carbonyl (C=O) groups is 1. The fourth-order valence-electron chi connectivity index (χ4n) is 3.73. The Morgan fingerprint density at radius 3 is 2.47 bits per heavy atom. The van der Waals surface area contributed by atoms with Gasteiger partial charge >= 0.3 is 12.1 Å². The van der Waals surface area contributed by atoms with E-state index in [4.69, 9.17) is 32.8 Å². The molecule has 32 heavy (non-hydrogen) atoms. The lowest BCUT2D eigenvalue weighted by Crippen LogP contribution is -2.42. The Kier molecular flexibility index (Phi) is 5.90. The Morgan fingerprint density at radius 2 is 1.84 bits per heavy atom. The lowest BCUT2D eigenvalue weighted by molar-refractivity contribution is -0.275. The first kappa shape index (κ1) is 22.9. The second-order valence-corrected chi connectivity index (χ2v) is 8.83. The zero-order valence-corrected chi connectivity index (χ0v) is 19.4. The highest BCUT2D eigenvalue weighted by molar-refractivity contribution is 9.10. The predicted molar refractivity (Wildman–Crippen MR) is 119 cm³/mol. The minimum Gasteiger partial charge on any atom is -0.465 e. The molecule has 3 aromatic carbocycles. The summed E-state index contributed by atoms with van der Waals surface area (Å²) in [6, 6.07) is 11.8. The smallest absolute Gasteiger partial charge is 0.435 e. The van der Waals surface area contributed by atoms with E-state index in [0.717, 1.165) is 12.1 Å². The van der Waals surface area contributed by atoms with Crippen molar-refractivity contribution in [1.29, 1.82) is 0 Å². The SMILES string of the molecule is COC(=O)c1ccc(C2=NOC(c3cc(Cl)cc(Cl)c3)(C(F)(F)F)C2)c2cccc(Br)c12. The normalized spacial score (nSPS) is 18.4. The number of oxime groups is 1. The first-order valence-electron chi connectivity index (χ1n) is 9.15. The Balaban J connectivity index is 1.86. The van der Waals surface area contributed by atoms with Crippen LogP contribution in [0.25, 0.3) is 10.8 Å². The molecule has 0 aliphatic carbocycles. The molecule has 1 aliphatic heterocycles. The van der Waals surface area contributed by atoms with Crippen LogP contribution < -0.4 is 0 Å². The molecule has 166 valence electrons. The van der Waals surface area contributed by atoms with Crippen molar-refractivity contribution in [3.8, 4) is 0 Å². The summed E-state index contributed by atoms with van der Waals surface area (Å²) in [5.41, 5.74) is -2.28. The fraction of sp³-hybridized carbons (Fsp3) is 0.182. The first-order valence-corrected chi connectivity index (χ1v) is 10.7. The molecule has 3 aromatic rings. The van der Waals surface area contributed by atoms with Crippen molar-refractivity contribution in [2.24, 2.45) is 5.16 Å². The summed E-state index contributed by atoms with van der Waals surface area (Å²) < 4.78 is 48.3. The van der Waals surface area contributed by atoms with Gasteiger partial charge in [0.25, 0.3) is 5.60 Å². The second-order valence-electron chi connectivity index (χ2n) is 7.10. The molecular weight excluding hydrogens is 534 g/mol. The van der Waals surface area contributed by atoms with E-state index >= 15 is 0 Å². The number of hydrogen-bond donors (Lipinski definition) is 0. The molecule has 0 spiro atoms. The molecule has 0 saturated heterocycles. The molecule has 4 rings (SSSR count). The minimum atomic E-state index is -4.81. The zero-order valence-electron chi connectivity index (χ0n) is 16.3. The van der Waals surface area contributed by atoms with Crippen LogP contribution in [0.15, 0.2) is 58.2 Å². The number of methoxy groups -OCH3 is 1. The molecular formula is C22H13BrCl2F3NO3. The molecule has 1 unspecified atom stereocenters. The Morgan fingerprint density at radius 1 is 1.16 bits per heavy atom. The van der Waals surface area contributed by atoms with Crippen LogP contribution in [0.5, 0.6) is 0 Å². The second kappa shape index (κ2) is 8.24. The van der Waals surface area contributed by atoms with E-state index in [9.17, 15) is 18.0 Å². The van der Waals surface area contributed by atoms with Gasteiger partial charge in [-0.05, 0) is 35.7 Å². The average molecular weight is 547 g/mol. The maximum atomic E-state index is 14.3. The lowest BCUT2D eigenvalue weighted by Gasteiger charge is -2.29. The summed E-state index contributed by atoms with van der Waals surface area (Å²) in [7, 11) is 1.25. The van der Waals surface area contributed by atoms with Crippen molar-refractivity contribution >= 4 is 61.6 Å². The largest absolute Gasteiger partial charge is 0.465 e. The lowest BCUT2D eigenvalue weighted by atomic mass is 9.85. The van der Waals surface area contributed by atoms with Crippen LogP contribution >= 0.6 is 39.1 Å². The molecule has 0 radical (unpaired) electrons. The van der Waals surface area contributed by atoms with Gasteiger partial charge in [0.2, 0.25) is 0 Å². The van der Waals surface area contributed by atoms with Crippen molar-refractivity contribution in [2.45, 2.75) is 18.2 Å². The molecule has 0 N–H and O–H groups in total.